The summed E-state index contributed by atoms with van der Waals surface area (Å²) < 4.78 is 26.1. The largest absolute Gasteiger partial charge is 0.361 e. The van der Waals surface area contributed by atoms with E-state index in [1.165, 1.54) is 17.2 Å². The van der Waals surface area contributed by atoms with Crippen molar-refractivity contribution < 1.29 is 8.42 Å². The van der Waals surface area contributed by atoms with Gasteiger partial charge in [0.05, 0.1) is 6.26 Å². The van der Waals surface area contributed by atoms with E-state index in [0.29, 0.717) is 19.5 Å². The van der Waals surface area contributed by atoms with Gasteiger partial charge in [0.1, 0.15) is 0 Å². The summed E-state index contributed by atoms with van der Waals surface area (Å²) >= 11 is 0. The van der Waals surface area contributed by atoms with Crippen molar-refractivity contribution in [2.45, 2.75) is 32.7 Å². The Balaban J connectivity index is 1.80. The summed E-state index contributed by atoms with van der Waals surface area (Å²) in [4.78, 5) is 3.30. The molecule has 0 spiro atoms. The van der Waals surface area contributed by atoms with Crippen molar-refractivity contribution >= 4 is 20.9 Å². The molecule has 2 aromatic carbocycles. The molecule has 1 heterocycles. The Kier molecular flexibility index (Phi) is 5.79. The molecule has 0 atom stereocenters. The molecule has 4 nitrogen and oxygen atoms in total. The van der Waals surface area contributed by atoms with Crippen LogP contribution in [0.15, 0.2) is 54.7 Å². The van der Waals surface area contributed by atoms with E-state index in [-0.39, 0.29) is 0 Å². The molecular formula is C21H26N2O2S. The van der Waals surface area contributed by atoms with Gasteiger partial charge >= 0.3 is 0 Å². The average molecular weight is 371 g/mol. The van der Waals surface area contributed by atoms with Gasteiger partial charge in [-0.1, -0.05) is 49.7 Å². The first-order chi connectivity index (χ1) is 12.5. The monoisotopic (exact) mass is 370 g/mol. The summed E-state index contributed by atoms with van der Waals surface area (Å²) in [5, 5.41) is 1.20. The second-order valence-corrected chi connectivity index (χ2v) is 8.76. The van der Waals surface area contributed by atoms with Crippen molar-refractivity contribution in [2.24, 2.45) is 0 Å². The predicted octanol–water partition coefficient (Wildman–Crippen LogP) is 4.12. The fourth-order valence-electron chi connectivity index (χ4n) is 3.26. The minimum absolute atomic E-state index is 0.401. The number of H-pyrrole nitrogens is 1. The topological polar surface area (TPSA) is 53.2 Å². The Morgan fingerprint density at radius 2 is 1.77 bits per heavy atom. The Bertz CT molecular complexity index is 962. The normalized spacial score (nSPS) is 12.1. The molecule has 0 fully saturated rings. The van der Waals surface area contributed by atoms with Crippen molar-refractivity contribution in [3.05, 3.63) is 71.4 Å². The Hall–Kier alpha value is -2.11. The van der Waals surface area contributed by atoms with Crippen LogP contribution >= 0.6 is 0 Å². The summed E-state index contributed by atoms with van der Waals surface area (Å²) in [6.07, 6.45) is 6.16. The second kappa shape index (κ2) is 8.06. The molecule has 3 rings (SSSR count). The first kappa shape index (κ1) is 18.7. The zero-order valence-corrected chi connectivity index (χ0v) is 16.2. The van der Waals surface area contributed by atoms with E-state index in [0.717, 1.165) is 29.5 Å². The molecule has 0 bridgehead atoms. The van der Waals surface area contributed by atoms with Gasteiger partial charge in [-0.2, -0.15) is 4.31 Å². The Labute approximate surface area is 155 Å². The molecule has 138 valence electrons. The number of aromatic nitrogens is 1. The molecule has 1 N–H and O–H groups in total. The van der Waals surface area contributed by atoms with E-state index in [1.54, 1.807) is 4.31 Å². The van der Waals surface area contributed by atoms with Gasteiger partial charge < -0.3 is 4.98 Å². The SMILES string of the molecule is CCCc1c[nH]c2ccc(CN(CCc3ccccc3)S(C)(=O)=O)cc12. The Morgan fingerprint density at radius 1 is 1.00 bits per heavy atom. The summed E-state index contributed by atoms with van der Waals surface area (Å²) in [6.45, 7) is 3.05. The fourth-order valence-corrected chi connectivity index (χ4v) is 4.07. The second-order valence-electron chi connectivity index (χ2n) is 6.78. The van der Waals surface area contributed by atoms with Crippen LogP contribution in [0.2, 0.25) is 0 Å². The summed E-state index contributed by atoms with van der Waals surface area (Å²) in [7, 11) is -3.27. The molecule has 0 aliphatic carbocycles. The van der Waals surface area contributed by atoms with Crippen LogP contribution in [-0.4, -0.2) is 30.5 Å². The first-order valence-electron chi connectivity index (χ1n) is 9.05. The maximum Gasteiger partial charge on any atom is 0.211 e. The number of nitrogens with zero attached hydrogens (tertiary/aromatic N) is 1. The van der Waals surface area contributed by atoms with Crippen LogP contribution in [-0.2, 0) is 29.4 Å². The minimum Gasteiger partial charge on any atom is -0.361 e. The van der Waals surface area contributed by atoms with Crippen molar-refractivity contribution in [1.29, 1.82) is 0 Å². The summed E-state index contributed by atoms with van der Waals surface area (Å²) in [6, 6.07) is 16.2. The number of fused-ring (bicyclic) bond motifs is 1. The first-order valence-corrected chi connectivity index (χ1v) is 10.9. The number of nitrogens with one attached hydrogen (secondary N) is 1. The smallest absolute Gasteiger partial charge is 0.211 e. The zero-order valence-electron chi connectivity index (χ0n) is 15.4. The maximum atomic E-state index is 12.3. The van der Waals surface area contributed by atoms with Gasteiger partial charge in [-0.3, -0.25) is 0 Å². The van der Waals surface area contributed by atoms with Crippen LogP contribution in [0, 0.1) is 0 Å². The van der Waals surface area contributed by atoms with E-state index >= 15 is 0 Å². The maximum absolute atomic E-state index is 12.3. The molecule has 0 saturated carbocycles. The molecule has 0 saturated heterocycles. The van der Waals surface area contributed by atoms with E-state index in [4.69, 9.17) is 0 Å². The molecule has 0 radical (unpaired) electrons. The number of aromatic amines is 1. The number of rotatable bonds is 8. The van der Waals surface area contributed by atoms with Gasteiger partial charge in [-0.25, -0.2) is 8.42 Å². The molecule has 3 aromatic rings. The fraction of sp³-hybridized carbons (Fsp3) is 0.333. The molecule has 0 amide bonds. The number of hydrogen-bond donors (Lipinski definition) is 1. The van der Waals surface area contributed by atoms with Gasteiger partial charge in [0, 0.05) is 30.2 Å². The lowest BCUT2D eigenvalue weighted by molar-refractivity contribution is 0.413. The average Bonchev–Trinajstić information content (AvgIpc) is 3.01. The zero-order chi connectivity index (χ0) is 18.6. The van der Waals surface area contributed by atoms with E-state index in [9.17, 15) is 8.42 Å². The number of aryl methyl sites for hydroxylation is 1. The van der Waals surface area contributed by atoms with Gasteiger partial charge in [-0.05, 0) is 41.7 Å². The lowest BCUT2D eigenvalue weighted by atomic mass is 10.1. The number of hydrogen-bond acceptors (Lipinski definition) is 2. The Morgan fingerprint density at radius 3 is 2.46 bits per heavy atom. The molecular weight excluding hydrogens is 344 g/mol. The molecule has 0 aliphatic rings. The van der Waals surface area contributed by atoms with Crippen LogP contribution in [0.25, 0.3) is 10.9 Å². The number of benzene rings is 2. The molecule has 0 unspecified atom stereocenters. The minimum atomic E-state index is -3.27. The predicted molar refractivity (Wildman–Crippen MR) is 108 cm³/mol. The van der Waals surface area contributed by atoms with Crippen LogP contribution in [0.3, 0.4) is 0 Å². The molecule has 1 aromatic heterocycles. The summed E-state index contributed by atoms with van der Waals surface area (Å²) in [5.74, 6) is 0. The molecule has 26 heavy (non-hydrogen) atoms. The van der Waals surface area contributed by atoms with Crippen molar-refractivity contribution in [3.8, 4) is 0 Å². The van der Waals surface area contributed by atoms with Gasteiger partial charge in [-0.15, -0.1) is 0 Å². The summed E-state index contributed by atoms with van der Waals surface area (Å²) in [5.41, 5.74) is 4.56. The van der Waals surface area contributed by atoms with Crippen LogP contribution < -0.4 is 0 Å². The molecule has 0 aliphatic heterocycles. The highest BCUT2D eigenvalue weighted by molar-refractivity contribution is 7.88. The standard InChI is InChI=1S/C21H26N2O2S/c1-3-7-19-15-22-21-11-10-18(14-20(19)21)16-23(26(2,24)25)13-12-17-8-5-4-6-9-17/h4-6,8-11,14-15,22H,3,7,12-13,16H2,1-2H3. The van der Waals surface area contributed by atoms with E-state index in [1.807, 2.05) is 42.5 Å². The highest BCUT2D eigenvalue weighted by atomic mass is 32.2. The van der Waals surface area contributed by atoms with Crippen molar-refractivity contribution in [2.75, 3.05) is 12.8 Å². The van der Waals surface area contributed by atoms with E-state index in [2.05, 4.69) is 24.2 Å². The van der Waals surface area contributed by atoms with Gasteiger partial charge in [0.15, 0.2) is 0 Å². The highest BCUT2D eigenvalue weighted by Crippen LogP contribution is 2.22. The van der Waals surface area contributed by atoms with Crippen LogP contribution in [0.1, 0.15) is 30.0 Å². The lowest BCUT2D eigenvalue weighted by Crippen LogP contribution is -2.31. The van der Waals surface area contributed by atoms with Crippen molar-refractivity contribution in [3.63, 3.8) is 0 Å². The van der Waals surface area contributed by atoms with E-state index < -0.39 is 10.0 Å². The quantitative estimate of drug-likeness (QED) is 0.648. The van der Waals surface area contributed by atoms with Crippen LogP contribution in [0.5, 0.6) is 0 Å². The highest BCUT2D eigenvalue weighted by Gasteiger charge is 2.17. The third-order valence-electron chi connectivity index (χ3n) is 4.67. The van der Waals surface area contributed by atoms with Crippen LogP contribution in [0.4, 0.5) is 0 Å². The van der Waals surface area contributed by atoms with Gasteiger partial charge in [0.25, 0.3) is 0 Å². The number of sulfonamides is 1. The molecule has 5 heteroatoms. The lowest BCUT2D eigenvalue weighted by Gasteiger charge is -2.20. The van der Waals surface area contributed by atoms with Crippen molar-refractivity contribution in [1.82, 2.24) is 9.29 Å². The third kappa shape index (κ3) is 4.54. The third-order valence-corrected chi connectivity index (χ3v) is 5.92. The van der Waals surface area contributed by atoms with Gasteiger partial charge in [0.2, 0.25) is 10.0 Å².